The molecule has 1 aromatic rings. The van der Waals surface area contributed by atoms with Crippen LogP contribution < -0.4 is 4.74 Å². The number of benzene rings is 1. The van der Waals surface area contributed by atoms with Gasteiger partial charge in [0.2, 0.25) is 0 Å². The van der Waals surface area contributed by atoms with Crippen molar-refractivity contribution in [2.24, 2.45) is 0 Å². The number of amides is 1. The average Bonchev–Trinajstić information content (AvgIpc) is 2.29. The number of rotatable bonds is 4. The van der Waals surface area contributed by atoms with Crippen molar-refractivity contribution in [1.29, 1.82) is 5.26 Å². The Kier molecular flexibility index (Phi) is 5.08. The zero-order valence-corrected chi connectivity index (χ0v) is 10.6. The van der Waals surface area contributed by atoms with E-state index in [1.54, 1.807) is 25.2 Å². The minimum atomic E-state index is -0.416. The lowest BCUT2D eigenvalue weighted by atomic mass is 10.3. The molecule has 0 aliphatic heterocycles. The maximum atomic E-state index is 11.5. The number of carbonyl (C=O) groups excluding carboxylic acids is 1. The monoisotopic (exact) mass is 272 g/mol. The Morgan fingerprint density at radius 3 is 2.76 bits per heavy atom. The molecule has 0 N–H and O–H groups in total. The molecule has 0 aromatic heterocycles. The molecular formula is C11H10Cl2N2O2. The molecule has 0 heterocycles. The van der Waals surface area contributed by atoms with Gasteiger partial charge in [-0.2, -0.15) is 5.26 Å². The smallest absolute Gasteiger partial charge is 0.273 e. The van der Waals surface area contributed by atoms with Gasteiger partial charge in [-0.1, -0.05) is 23.2 Å². The molecule has 0 atom stereocenters. The van der Waals surface area contributed by atoms with Crippen LogP contribution in [0.25, 0.3) is 0 Å². The van der Waals surface area contributed by atoms with Crippen molar-refractivity contribution in [3.8, 4) is 11.9 Å². The van der Waals surface area contributed by atoms with Crippen LogP contribution in [-0.2, 0) is 4.79 Å². The van der Waals surface area contributed by atoms with Gasteiger partial charge in [-0.3, -0.25) is 4.79 Å². The summed E-state index contributed by atoms with van der Waals surface area (Å²) >= 11 is 11.6. The van der Waals surface area contributed by atoms with Crippen LogP contribution >= 0.6 is 23.2 Å². The van der Waals surface area contributed by atoms with Crippen molar-refractivity contribution in [3.05, 3.63) is 28.2 Å². The van der Waals surface area contributed by atoms with Crippen LogP contribution in [0, 0.1) is 11.5 Å². The number of carbonyl (C=O) groups is 1. The van der Waals surface area contributed by atoms with Gasteiger partial charge < -0.3 is 4.74 Å². The summed E-state index contributed by atoms with van der Waals surface area (Å²) in [6.45, 7) is 1.78. The van der Waals surface area contributed by atoms with Gasteiger partial charge in [0.15, 0.2) is 12.8 Å². The summed E-state index contributed by atoms with van der Waals surface area (Å²) in [7, 11) is 0. The summed E-state index contributed by atoms with van der Waals surface area (Å²) in [6, 6.07) is 4.69. The van der Waals surface area contributed by atoms with Gasteiger partial charge in [0.25, 0.3) is 5.91 Å². The first-order chi connectivity index (χ1) is 8.08. The van der Waals surface area contributed by atoms with Gasteiger partial charge in [0, 0.05) is 11.6 Å². The molecule has 0 aliphatic carbocycles. The van der Waals surface area contributed by atoms with E-state index < -0.39 is 5.91 Å². The molecule has 6 heteroatoms. The molecule has 0 unspecified atom stereocenters. The third kappa shape index (κ3) is 3.81. The number of likely N-dealkylation sites (N-methyl/N-ethyl adjacent to an activating group) is 1. The second kappa shape index (κ2) is 6.33. The standard InChI is InChI=1S/C11H10Cl2N2O2/c1-2-15(7-14)11(16)6-17-10-4-3-8(12)5-9(10)13/h3-5H,2,6H2,1H3. The molecule has 4 nitrogen and oxygen atoms in total. The maximum absolute atomic E-state index is 11.5. The molecule has 17 heavy (non-hydrogen) atoms. The lowest BCUT2D eigenvalue weighted by Gasteiger charge is -2.12. The zero-order valence-electron chi connectivity index (χ0n) is 9.11. The van der Waals surface area contributed by atoms with Gasteiger partial charge in [0.05, 0.1) is 5.02 Å². The van der Waals surface area contributed by atoms with E-state index in [1.807, 2.05) is 0 Å². The Morgan fingerprint density at radius 2 is 2.24 bits per heavy atom. The molecule has 0 saturated heterocycles. The summed E-state index contributed by atoms with van der Waals surface area (Å²) in [6.07, 6.45) is 1.76. The topological polar surface area (TPSA) is 53.3 Å². The third-order valence-electron chi connectivity index (χ3n) is 1.98. The molecule has 0 spiro atoms. The number of hydrogen-bond acceptors (Lipinski definition) is 3. The van der Waals surface area contributed by atoms with Crippen LogP contribution in [0.5, 0.6) is 5.75 Å². The molecule has 0 radical (unpaired) electrons. The predicted molar refractivity (Wildman–Crippen MR) is 65.0 cm³/mol. The van der Waals surface area contributed by atoms with Gasteiger partial charge in [-0.05, 0) is 25.1 Å². The third-order valence-corrected chi connectivity index (χ3v) is 2.51. The van der Waals surface area contributed by atoms with Crippen molar-refractivity contribution < 1.29 is 9.53 Å². The van der Waals surface area contributed by atoms with Gasteiger partial charge >= 0.3 is 0 Å². The van der Waals surface area contributed by atoms with Crippen LogP contribution in [-0.4, -0.2) is 24.0 Å². The predicted octanol–water partition coefficient (Wildman–Crippen LogP) is 2.70. The minimum absolute atomic E-state index is 0.233. The highest BCUT2D eigenvalue weighted by molar-refractivity contribution is 6.35. The van der Waals surface area contributed by atoms with E-state index in [0.29, 0.717) is 22.3 Å². The van der Waals surface area contributed by atoms with Crippen molar-refractivity contribution in [2.75, 3.05) is 13.2 Å². The number of nitrogens with zero attached hydrogens (tertiary/aromatic N) is 2. The first-order valence-electron chi connectivity index (χ1n) is 4.86. The summed E-state index contributed by atoms with van der Waals surface area (Å²) in [5.41, 5.74) is 0. The van der Waals surface area contributed by atoms with Crippen molar-refractivity contribution in [3.63, 3.8) is 0 Å². The first kappa shape index (κ1) is 13.6. The normalized spacial score (nSPS) is 9.53. The second-order valence-corrected chi connectivity index (χ2v) is 3.95. The second-order valence-electron chi connectivity index (χ2n) is 3.10. The first-order valence-corrected chi connectivity index (χ1v) is 5.62. The Labute approximate surface area is 109 Å². The Balaban J connectivity index is 2.62. The summed E-state index contributed by atoms with van der Waals surface area (Å²) in [4.78, 5) is 12.5. The van der Waals surface area contributed by atoms with Crippen LogP contribution in [0.2, 0.25) is 10.0 Å². The molecule has 1 amide bonds. The molecule has 0 bridgehead atoms. The van der Waals surface area contributed by atoms with E-state index in [4.69, 9.17) is 33.2 Å². The van der Waals surface area contributed by atoms with E-state index in [1.165, 1.54) is 6.07 Å². The van der Waals surface area contributed by atoms with E-state index in [-0.39, 0.29) is 6.61 Å². The largest absolute Gasteiger partial charge is 0.482 e. The maximum Gasteiger partial charge on any atom is 0.273 e. The Hall–Kier alpha value is -1.44. The lowest BCUT2D eigenvalue weighted by molar-refractivity contribution is -0.130. The van der Waals surface area contributed by atoms with Crippen LogP contribution in [0.15, 0.2) is 18.2 Å². The molecule has 0 aliphatic rings. The van der Waals surface area contributed by atoms with E-state index in [0.717, 1.165) is 4.90 Å². The van der Waals surface area contributed by atoms with Crippen LogP contribution in [0.4, 0.5) is 0 Å². The van der Waals surface area contributed by atoms with E-state index in [2.05, 4.69) is 0 Å². The van der Waals surface area contributed by atoms with Crippen LogP contribution in [0.1, 0.15) is 6.92 Å². The lowest BCUT2D eigenvalue weighted by Crippen LogP contribution is -2.30. The highest BCUT2D eigenvalue weighted by atomic mass is 35.5. The number of nitriles is 1. The Morgan fingerprint density at radius 1 is 1.53 bits per heavy atom. The fourth-order valence-corrected chi connectivity index (χ4v) is 1.58. The highest BCUT2D eigenvalue weighted by Gasteiger charge is 2.12. The van der Waals surface area contributed by atoms with Crippen molar-refractivity contribution in [1.82, 2.24) is 4.90 Å². The molecule has 0 fully saturated rings. The van der Waals surface area contributed by atoms with E-state index in [9.17, 15) is 4.79 Å². The zero-order chi connectivity index (χ0) is 12.8. The number of hydrogen-bond donors (Lipinski definition) is 0. The van der Waals surface area contributed by atoms with Crippen molar-refractivity contribution in [2.45, 2.75) is 6.92 Å². The fourth-order valence-electron chi connectivity index (χ4n) is 1.11. The average molecular weight is 273 g/mol. The van der Waals surface area contributed by atoms with Gasteiger partial charge in [0.1, 0.15) is 5.75 Å². The molecule has 90 valence electrons. The van der Waals surface area contributed by atoms with Crippen LogP contribution in [0.3, 0.4) is 0 Å². The Bertz CT molecular complexity index is 457. The summed E-state index contributed by atoms with van der Waals surface area (Å²) in [5, 5.41) is 9.45. The molecular weight excluding hydrogens is 263 g/mol. The van der Waals surface area contributed by atoms with Gasteiger partial charge in [-0.25, -0.2) is 4.90 Å². The molecule has 0 saturated carbocycles. The summed E-state index contributed by atoms with van der Waals surface area (Å²) < 4.78 is 5.21. The van der Waals surface area contributed by atoms with E-state index >= 15 is 0 Å². The van der Waals surface area contributed by atoms with Gasteiger partial charge in [-0.15, -0.1) is 0 Å². The molecule has 1 rings (SSSR count). The highest BCUT2D eigenvalue weighted by Crippen LogP contribution is 2.27. The van der Waals surface area contributed by atoms with Crippen molar-refractivity contribution >= 4 is 29.1 Å². The fraction of sp³-hybridized carbons (Fsp3) is 0.273. The quantitative estimate of drug-likeness (QED) is 0.626. The summed E-state index contributed by atoms with van der Waals surface area (Å²) in [5.74, 6) is -0.0561. The number of halogens is 2. The molecule has 1 aromatic carbocycles. The minimum Gasteiger partial charge on any atom is -0.482 e. The number of ether oxygens (including phenoxy) is 1. The SMILES string of the molecule is CCN(C#N)C(=O)COc1ccc(Cl)cc1Cl.